The number of hydrogen-bond donors (Lipinski definition) is 0. The van der Waals surface area contributed by atoms with Crippen molar-refractivity contribution in [3.8, 4) is 0 Å². The van der Waals surface area contributed by atoms with E-state index in [9.17, 15) is 4.79 Å². The number of halogens is 2. The number of rotatable bonds is 5. The molecule has 1 aromatic rings. The third-order valence-electron chi connectivity index (χ3n) is 3.35. The molecule has 1 aliphatic rings. The molecule has 1 aromatic carbocycles. The highest BCUT2D eigenvalue weighted by Crippen LogP contribution is 2.30. The third-order valence-corrected chi connectivity index (χ3v) is 4.72. The van der Waals surface area contributed by atoms with Gasteiger partial charge in [0.05, 0.1) is 5.56 Å². The molecule has 0 bridgehead atoms. The summed E-state index contributed by atoms with van der Waals surface area (Å²) in [5, 5.41) is 0. The van der Waals surface area contributed by atoms with Gasteiger partial charge in [-0.1, -0.05) is 13.8 Å². The lowest BCUT2D eigenvalue weighted by Gasteiger charge is -2.24. The van der Waals surface area contributed by atoms with Crippen molar-refractivity contribution in [3.63, 3.8) is 0 Å². The van der Waals surface area contributed by atoms with Crippen molar-refractivity contribution in [2.45, 2.75) is 39.2 Å². The van der Waals surface area contributed by atoms with E-state index >= 15 is 0 Å². The molecule has 0 N–H and O–H groups in total. The van der Waals surface area contributed by atoms with E-state index in [0.29, 0.717) is 12.0 Å². The van der Waals surface area contributed by atoms with Gasteiger partial charge in [0.2, 0.25) is 0 Å². The zero-order valence-electron chi connectivity index (χ0n) is 11.3. The van der Waals surface area contributed by atoms with E-state index in [0.717, 1.165) is 39.4 Å². The fourth-order valence-electron chi connectivity index (χ4n) is 2.05. The van der Waals surface area contributed by atoms with Crippen LogP contribution in [-0.2, 0) is 0 Å². The van der Waals surface area contributed by atoms with E-state index in [2.05, 4.69) is 57.3 Å². The van der Waals surface area contributed by atoms with Gasteiger partial charge in [-0.05, 0) is 81.9 Å². The summed E-state index contributed by atoms with van der Waals surface area (Å²) in [5.41, 5.74) is 0.794. The molecule has 1 saturated carbocycles. The fourth-order valence-corrected chi connectivity index (χ4v) is 2.96. The maximum absolute atomic E-state index is 12.7. The number of carbonyl (C=O) groups excluding carboxylic acids is 1. The van der Waals surface area contributed by atoms with Crippen LogP contribution >= 0.6 is 38.5 Å². The first-order valence-electron chi connectivity index (χ1n) is 6.75. The Labute approximate surface area is 137 Å². The third kappa shape index (κ3) is 4.18. The van der Waals surface area contributed by atoms with Gasteiger partial charge in [0.15, 0.2) is 0 Å². The molecule has 0 radical (unpaired) electrons. The maximum Gasteiger partial charge on any atom is 0.255 e. The highest BCUT2D eigenvalue weighted by Gasteiger charge is 2.33. The molecule has 0 aliphatic heterocycles. The summed E-state index contributed by atoms with van der Waals surface area (Å²) in [5.74, 6) is 0.807. The van der Waals surface area contributed by atoms with Crippen molar-refractivity contribution in [3.05, 3.63) is 31.8 Å². The first kappa shape index (κ1) is 15.3. The second kappa shape index (κ2) is 6.57. The van der Waals surface area contributed by atoms with Gasteiger partial charge < -0.3 is 4.90 Å². The van der Waals surface area contributed by atoms with E-state index in [1.54, 1.807) is 0 Å². The molecule has 0 heterocycles. The quantitative estimate of drug-likeness (QED) is 0.613. The Morgan fingerprint density at radius 3 is 2.74 bits per heavy atom. The van der Waals surface area contributed by atoms with Crippen molar-refractivity contribution < 1.29 is 4.79 Å². The van der Waals surface area contributed by atoms with Gasteiger partial charge in [0.25, 0.3) is 5.91 Å². The fraction of sp³-hybridized carbons (Fsp3) is 0.533. The van der Waals surface area contributed by atoms with Crippen molar-refractivity contribution in [1.82, 2.24) is 4.90 Å². The average molecular weight is 436 g/mol. The topological polar surface area (TPSA) is 20.3 Å². The molecule has 19 heavy (non-hydrogen) atoms. The van der Waals surface area contributed by atoms with Crippen LogP contribution in [0.25, 0.3) is 0 Å². The highest BCUT2D eigenvalue weighted by molar-refractivity contribution is 14.1. The SMILES string of the molecule is CC(C)CCN(C(=O)c1cc(I)ccc1Br)C1CC1. The lowest BCUT2D eigenvalue weighted by molar-refractivity contribution is 0.0734. The van der Waals surface area contributed by atoms with Crippen LogP contribution in [0, 0.1) is 9.49 Å². The zero-order chi connectivity index (χ0) is 14.0. The van der Waals surface area contributed by atoms with Crippen molar-refractivity contribution >= 4 is 44.4 Å². The van der Waals surface area contributed by atoms with Crippen LogP contribution in [0.15, 0.2) is 22.7 Å². The molecule has 0 saturated heterocycles. The standard InChI is InChI=1S/C15H19BrINO/c1-10(2)7-8-18(12-4-5-12)15(19)13-9-11(17)3-6-14(13)16/h3,6,9-10,12H,4-5,7-8H2,1-2H3. The Hall–Kier alpha value is -0.100. The predicted octanol–water partition coefficient (Wildman–Crippen LogP) is 4.70. The van der Waals surface area contributed by atoms with Crippen LogP contribution in [-0.4, -0.2) is 23.4 Å². The maximum atomic E-state index is 12.7. The lowest BCUT2D eigenvalue weighted by Crippen LogP contribution is -2.34. The number of benzene rings is 1. The Morgan fingerprint density at radius 1 is 1.47 bits per heavy atom. The van der Waals surface area contributed by atoms with E-state index in [1.807, 2.05) is 18.2 Å². The molecular weight excluding hydrogens is 417 g/mol. The highest BCUT2D eigenvalue weighted by atomic mass is 127. The monoisotopic (exact) mass is 435 g/mol. The second-order valence-electron chi connectivity index (χ2n) is 5.54. The lowest BCUT2D eigenvalue weighted by atomic mass is 10.1. The van der Waals surface area contributed by atoms with Crippen LogP contribution in [0.2, 0.25) is 0 Å². The largest absolute Gasteiger partial charge is 0.336 e. The molecule has 4 heteroatoms. The van der Waals surface area contributed by atoms with Gasteiger partial charge in [-0.3, -0.25) is 4.79 Å². The van der Waals surface area contributed by atoms with Crippen molar-refractivity contribution in [2.24, 2.45) is 5.92 Å². The van der Waals surface area contributed by atoms with E-state index < -0.39 is 0 Å². The number of hydrogen-bond acceptors (Lipinski definition) is 1. The van der Waals surface area contributed by atoms with E-state index in [1.165, 1.54) is 0 Å². The van der Waals surface area contributed by atoms with Gasteiger partial charge in [-0.2, -0.15) is 0 Å². The summed E-state index contributed by atoms with van der Waals surface area (Å²) in [6, 6.07) is 6.41. The zero-order valence-corrected chi connectivity index (χ0v) is 15.1. The summed E-state index contributed by atoms with van der Waals surface area (Å²) in [6.07, 6.45) is 3.39. The van der Waals surface area contributed by atoms with E-state index in [-0.39, 0.29) is 5.91 Å². The van der Waals surface area contributed by atoms with Crippen LogP contribution in [0.1, 0.15) is 43.5 Å². The minimum atomic E-state index is 0.175. The molecule has 1 fully saturated rings. The summed E-state index contributed by atoms with van der Waals surface area (Å²) in [6.45, 7) is 5.28. The molecule has 0 atom stereocenters. The molecule has 1 aliphatic carbocycles. The Morgan fingerprint density at radius 2 is 2.16 bits per heavy atom. The minimum Gasteiger partial charge on any atom is -0.336 e. The first-order valence-corrected chi connectivity index (χ1v) is 8.62. The van der Waals surface area contributed by atoms with Gasteiger partial charge >= 0.3 is 0 Å². The Balaban J connectivity index is 2.16. The Kier molecular flexibility index (Phi) is 5.29. The van der Waals surface area contributed by atoms with Gasteiger partial charge in [-0.25, -0.2) is 0 Å². The molecular formula is C15H19BrINO. The smallest absolute Gasteiger partial charge is 0.255 e. The molecule has 1 amide bonds. The van der Waals surface area contributed by atoms with Gasteiger partial charge in [-0.15, -0.1) is 0 Å². The van der Waals surface area contributed by atoms with E-state index in [4.69, 9.17) is 0 Å². The Bertz CT molecular complexity index is 471. The van der Waals surface area contributed by atoms with Crippen molar-refractivity contribution in [1.29, 1.82) is 0 Å². The molecule has 2 rings (SSSR count). The molecule has 104 valence electrons. The normalized spacial score (nSPS) is 14.8. The summed E-state index contributed by atoms with van der Waals surface area (Å²) in [7, 11) is 0. The van der Waals surface area contributed by atoms with Crippen LogP contribution in [0.3, 0.4) is 0 Å². The number of nitrogens with zero attached hydrogens (tertiary/aromatic N) is 1. The molecule has 0 spiro atoms. The average Bonchev–Trinajstić information content (AvgIpc) is 3.16. The summed E-state index contributed by atoms with van der Waals surface area (Å²) >= 11 is 5.75. The second-order valence-corrected chi connectivity index (χ2v) is 7.64. The van der Waals surface area contributed by atoms with Gasteiger partial charge in [0.1, 0.15) is 0 Å². The van der Waals surface area contributed by atoms with Crippen molar-refractivity contribution in [2.75, 3.05) is 6.54 Å². The first-order chi connectivity index (χ1) is 8.99. The number of carbonyl (C=O) groups is 1. The summed E-state index contributed by atoms with van der Waals surface area (Å²) in [4.78, 5) is 14.8. The van der Waals surface area contributed by atoms with Crippen LogP contribution in [0.5, 0.6) is 0 Å². The predicted molar refractivity (Wildman–Crippen MR) is 90.4 cm³/mol. The van der Waals surface area contributed by atoms with Crippen LogP contribution in [0.4, 0.5) is 0 Å². The number of amides is 1. The molecule has 2 nitrogen and oxygen atoms in total. The van der Waals surface area contributed by atoms with Crippen LogP contribution < -0.4 is 0 Å². The minimum absolute atomic E-state index is 0.175. The molecule has 0 unspecified atom stereocenters. The van der Waals surface area contributed by atoms with Gasteiger partial charge in [0, 0.05) is 20.6 Å². The summed E-state index contributed by atoms with van der Waals surface area (Å²) < 4.78 is 2.00. The molecule has 0 aromatic heterocycles.